The lowest BCUT2D eigenvalue weighted by molar-refractivity contribution is 0.889. The van der Waals surface area contributed by atoms with Crippen LogP contribution in [0.15, 0.2) is 12.3 Å². The van der Waals surface area contributed by atoms with Gasteiger partial charge in [-0.3, -0.25) is 0 Å². The van der Waals surface area contributed by atoms with Crippen molar-refractivity contribution in [3.05, 3.63) is 17.8 Å². The minimum atomic E-state index is 0.363. The van der Waals surface area contributed by atoms with E-state index >= 15 is 0 Å². The SMILES string of the molecule is Cc1ccnc(NC(C)C)c1N. The van der Waals surface area contributed by atoms with Crippen molar-refractivity contribution in [1.82, 2.24) is 4.98 Å². The van der Waals surface area contributed by atoms with Gasteiger partial charge in [0.1, 0.15) is 5.82 Å². The molecule has 0 bridgehead atoms. The summed E-state index contributed by atoms with van der Waals surface area (Å²) in [5.74, 6) is 0.782. The van der Waals surface area contributed by atoms with E-state index in [1.807, 2.05) is 13.0 Å². The summed E-state index contributed by atoms with van der Waals surface area (Å²) >= 11 is 0. The van der Waals surface area contributed by atoms with Crippen LogP contribution in [0.1, 0.15) is 19.4 Å². The predicted molar refractivity (Wildman–Crippen MR) is 52.1 cm³/mol. The van der Waals surface area contributed by atoms with E-state index in [-0.39, 0.29) is 0 Å². The first-order chi connectivity index (χ1) is 5.61. The molecular formula is C9H15N3. The lowest BCUT2D eigenvalue weighted by atomic mass is 10.2. The first-order valence-corrected chi connectivity index (χ1v) is 4.09. The van der Waals surface area contributed by atoms with Gasteiger partial charge in [0.15, 0.2) is 0 Å². The second-order valence-corrected chi connectivity index (χ2v) is 3.19. The highest BCUT2D eigenvalue weighted by atomic mass is 15.0. The van der Waals surface area contributed by atoms with Crippen LogP contribution in [0.3, 0.4) is 0 Å². The molecule has 0 unspecified atom stereocenters. The van der Waals surface area contributed by atoms with Gasteiger partial charge in [-0.25, -0.2) is 4.98 Å². The van der Waals surface area contributed by atoms with Gasteiger partial charge in [0.25, 0.3) is 0 Å². The van der Waals surface area contributed by atoms with Gasteiger partial charge in [-0.1, -0.05) is 0 Å². The third-order valence-electron chi connectivity index (χ3n) is 1.63. The van der Waals surface area contributed by atoms with Crippen molar-refractivity contribution in [3.63, 3.8) is 0 Å². The molecule has 0 aromatic carbocycles. The summed E-state index contributed by atoms with van der Waals surface area (Å²) < 4.78 is 0. The van der Waals surface area contributed by atoms with Gasteiger partial charge in [-0.05, 0) is 32.4 Å². The topological polar surface area (TPSA) is 50.9 Å². The van der Waals surface area contributed by atoms with Crippen LogP contribution < -0.4 is 11.1 Å². The van der Waals surface area contributed by atoms with Crippen molar-refractivity contribution in [3.8, 4) is 0 Å². The molecular weight excluding hydrogens is 150 g/mol. The average Bonchev–Trinajstić information content (AvgIpc) is 1.98. The van der Waals surface area contributed by atoms with Gasteiger partial charge < -0.3 is 11.1 Å². The van der Waals surface area contributed by atoms with Gasteiger partial charge >= 0.3 is 0 Å². The molecule has 3 N–H and O–H groups in total. The Labute approximate surface area is 73.0 Å². The fraction of sp³-hybridized carbons (Fsp3) is 0.444. The number of nitrogens with two attached hydrogens (primary N) is 1. The minimum absolute atomic E-state index is 0.363. The molecule has 0 amide bonds. The summed E-state index contributed by atoms with van der Waals surface area (Å²) in [6.07, 6.45) is 1.76. The Morgan fingerprint density at radius 2 is 2.17 bits per heavy atom. The van der Waals surface area contributed by atoms with E-state index in [0.29, 0.717) is 6.04 Å². The van der Waals surface area contributed by atoms with Crippen LogP contribution in [-0.4, -0.2) is 11.0 Å². The van der Waals surface area contributed by atoms with Crippen molar-refractivity contribution in [2.45, 2.75) is 26.8 Å². The normalized spacial score (nSPS) is 10.3. The number of nitrogens with one attached hydrogen (secondary N) is 1. The van der Waals surface area contributed by atoms with E-state index < -0.39 is 0 Å². The molecule has 3 heteroatoms. The quantitative estimate of drug-likeness (QED) is 0.702. The fourth-order valence-corrected chi connectivity index (χ4v) is 0.958. The van der Waals surface area contributed by atoms with Gasteiger partial charge in [0, 0.05) is 12.2 Å². The zero-order valence-electron chi connectivity index (χ0n) is 7.76. The Hall–Kier alpha value is -1.25. The number of anilines is 2. The third kappa shape index (κ3) is 1.87. The predicted octanol–water partition coefficient (Wildman–Crippen LogP) is 1.79. The minimum Gasteiger partial charge on any atom is -0.396 e. The van der Waals surface area contributed by atoms with Gasteiger partial charge in [0.2, 0.25) is 0 Å². The Balaban J connectivity index is 2.92. The molecule has 0 aliphatic heterocycles. The van der Waals surface area contributed by atoms with Crippen LogP contribution in [0.2, 0.25) is 0 Å². The largest absolute Gasteiger partial charge is 0.396 e. The summed E-state index contributed by atoms with van der Waals surface area (Å²) in [7, 11) is 0. The Morgan fingerprint density at radius 1 is 1.50 bits per heavy atom. The molecule has 0 atom stereocenters. The summed E-state index contributed by atoms with van der Waals surface area (Å²) in [5.41, 5.74) is 7.61. The molecule has 3 nitrogen and oxygen atoms in total. The van der Waals surface area contributed by atoms with Crippen molar-refractivity contribution in [1.29, 1.82) is 0 Å². The van der Waals surface area contributed by atoms with Crippen molar-refractivity contribution in [2.75, 3.05) is 11.1 Å². The molecule has 1 rings (SSSR count). The van der Waals surface area contributed by atoms with E-state index in [9.17, 15) is 0 Å². The van der Waals surface area contributed by atoms with E-state index in [1.165, 1.54) is 0 Å². The zero-order chi connectivity index (χ0) is 9.14. The van der Waals surface area contributed by atoms with Crippen molar-refractivity contribution >= 4 is 11.5 Å². The smallest absolute Gasteiger partial charge is 0.149 e. The van der Waals surface area contributed by atoms with E-state index in [0.717, 1.165) is 17.1 Å². The highest BCUT2D eigenvalue weighted by molar-refractivity contribution is 5.65. The maximum atomic E-state index is 5.81. The molecule has 0 radical (unpaired) electrons. The maximum absolute atomic E-state index is 5.81. The van der Waals surface area contributed by atoms with E-state index in [1.54, 1.807) is 6.20 Å². The molecule has 1 aromatic heterocycles. The van der Waals surface area contributed by atoms with Gasteiger partial charge in [0.05, 0.1) is 5.69 Å². The van der Waals surface area contributed by atoms with Gasteiger partial charge in [-0.2, -0.15) is 0 Å². The molecule has 12 heavy (non-hydrogen) atoms. The molecule has 1 heterocycles. The van der Waals surface area contributed by atoms with Crippen LogP contribution in [0.5, 0.6) is 0 Å². The Kier molecular flexibility index (Phi) is 2.53. The van der Waals surface area contributed by atoms with Gasteiger partial charge in [-0.15, -0.1) is 0 Å². The molecule has 0 aliphatic carbocycles. The Morgan fingerprint density at radius 3 is 2.75 bits per heavy atom. The number of nitrogen functional groups attached to an aromatic ring is 1. The second-order valence-electron chi connectivity index (χ2n) is 3.19. The molecule has 66 valence electrons. The number of aryl methyl sites for hydroxylation is 1. The lowest BCUT2D eigenvalue weighted by Crippen LogP contribution is -2.13. The average molecular weight is 165 g/mol. The first kappa shape index (κ1) is 8.84. The number of rotatable bonds is 2. The molecule has 0 saturated carbocycles. The summed E-state index contributed by atoms with van der Waals surface area (Å²) in [6, 6.07) is 2.27. The van der Waals surface area contributed by atoms with Crippen molar-refractivity contribution in [2.24, 2.45) is 0 Å². The fourth-order valence-electron chi connectivity index (χ4n) is 0.958. The zero-order valence-corrected chi connectivity index (χ0v) is 7.76. The molecule has 0 fully saturated rings. The van der Waals surface area contributed by atoms with Crippen LogP contribution in [-0.2, 0) is 0 Å². The van der Waals surface area contributed by atoms with Crippen LogP contribution in [0.4, 0.5) is 11.5 Å². The van der Waals surface area contributed by atoms with Crippen molar-refractivity contribution < 1.29 is 0 Å². The molecule has 0 spiro atoms. The Bertz CT molecular complexity index is 268. The highest BCUT2D eigenvalue weighted by Gasteiger charge is 2.02. The third-order valence-corrected chi connectivity index (χ3v) is 1.63. The lowest BCUT2D eigenvalue weighted by Gasteiger charge is -2.12. The number of pyridine rings is 1. The molecule has 0 saturated heterocycles. The summed E-state index contributed by atoms with van der Waals surface area (Å²) in [5, 5.41) is 3.18. The summed E-state index contributed by atoms with van der Waals surface area (Å²) in [6.45, 7) is 6.09. The number of nitrogens with zero attached hydrogens (tertiary/aromatic N) is 1. The second kappa shape index (κ2) is 3.43. The van der Waals surface area contributed by atoms with E-state index in [2.05, 4.69) is 24.1 Å². The van der Waals surface area contributed by atoms with Crippen LogP contribution in [0.25, 0.3) is 0 Å². The van der Waals surface area contributed by atoms with Crippen LogP contribution in [0, 0.1) is 6.92 Å². The van der Waals surface area contributed by atoms with E-state index in [4.69, 9.17) is 5.73 Å². The number of hydrogen-bond donors (Lipinski definition) is 2. The maximum Gasteiger partial charge on any atom is 0.149 e. The van der Waals surface area contributed by atoms with Crippen LogP contribution >= 0.6 is 0 Å². The summed E-state index contributed by atoms with van der Waals surface area (Å²) in [4.78, 5) is 4.14. The standard InChI is InChI=1S/C9H15N3/c1-6(2)12-9-8(10)7(3)4-5-11-9/h4-6H,10H2,1-3H3,(H,11,12). The number of aromatic nitrogens is 1. The first-order valence-electron chi connectivity index (χ1n) is 4.09. The molecule has 1 aromatic rings. The molecule has 0 aliphatic rings. The number of hydrogen-bond acceptors (Lipinski definition) is 3. The highest BCUT2D eigenvalue weighted by Crippen LogP contribution is 2.18. The monoisotopic (exact) mass is 165 g/mol.